The van der Waals surface area contributed by atoms with Crippen LogP contribution in [0.15, 0.2) is 29.2 Å². The van der Waals surface area contributed by atoms with Crippen LogP contribution in [0.3, 0.4) is 0 Å². The first-order valence-electron chi connectivity index (χ1n) is 5.76. The van der Waals surface area contributed by atoms with Crippen LogP contribution >= 0.6 is 23.4 Å². The van der Waals surface area contributed by atoms with Crippen LogP contribution < -0.4 is 0 Å². The highest BCUT2D eigenvalue weighted by atomic mass is 35.5. The number of ether oxygens (including phenoxy) is 1. The van der Waals surface area contributed by atoms with E-state index < -0.39 is 6.10 Å². The van der Waals surface area contributed by atoms with Gasteiger partial charge >= 0.3 is 0 Å². The summed E-state index contributed by atoms with van der Waals surface area (Å²) in [6, 6.07) is 7.65. The van der Waals surface area contributed by atoms with Gasteiger partial charge in [-0.3, -0.25) is 0 Å². The summed E-state index contributed by atoms with van der Waals surface area (Å²) < 4.78 is 5.28. The first-order chi connectivity index (χ1) is 8.17. The molecule has 0 heterocycles. The number of hydrogen-bond acceptors (Lipinski definition) is 3. The molecule has 1 aromatic carbocycles. The second-order valence-corrected chi connectivity index (χ2v) is 5.43. The van der Waals surface area contributed by atoms with Gasteiger partial charge in [-0.2, -0.15) is 0 Å². The summed E-state index contributed by atoms with van der Waals surface area (Å²) in [5.41, 5.74) is 0. The number of methoxy groups -OCH3 is 1. The summed E-state index contributed by atoms with van der Waals surface area (Å²) in [4.78, 5) is 1.07. The Morgan fingerprint density at radius 1 is 1.47 bits per heavy atom. The van der Waals surface area contributed by atoms with Crippen LogP contribution in [-0.4, -0.2) is 30.2 Å². The third-order valence-electron chi connectivity index (χ3n) is 2.52. The zero-order valence-electron chi connectivity index (χ0n) is 10.2. The fourth-order valence-electron chi connectivity index (χ4n) is 1.60. The molecular formula is C13H19ClO2S. The van der Waals surface area contributed by atoms with Gasteiger partial charge in [-0.1, -0.05) is 31.0 Å². The molecule has 0 bridgehead atoms. The van der Waals surface area contributed by atoms with Gasteiger partial charge in [0.05, 0.1) is 12.2 Å². The van der Waals surface area contributed by atoms with Crippen molar-refractivity contribution in [3.63, 3.8) is 0 Å². The second kappa shape index (κ2) is 7.98. The van der Waals surface area contributed by atoms with E-state index in [-0.39, 0.29) is 6.10 Å². The van der Waals surface area contributed by atoms with E-state index in [1.165, 1.54) is 0 Å². The normalized spacial score (nSPS) is 14.6. The third kappa shape index (κ3) is 5.30. The molecule has 0 aliphatic heterocycles. The zero-order valence-corrected chi connectivity index (χ0v) is 11.8. The lowest BCUT2D eigenvalue weighted by Crippen LogP contribution is -2.29. The summed E-state index contributed by atoms with van der Waals surface area (Å²) in [6.07, 6.45) is 1.38. The lowest BCUT2D eigenvalue weighted by atomic mass is 10.1. The Morgan fingerprint density at radius 3 is 2.82 bits per heavy atom. The molecule has 0 radical (unpaired) electrons. The van der Waals surface area contributed by atoms with Crippen LogP contribution in [0.25, 0.3) is 0 Å². The third-order valence-corrected chi connectivity index (χ3v) is 3.85. The SMILES string of the molecule is CCCC(OC)C(O)CSc1cccc(Cl)c1. The highest BCUT2D eigenvalue weighted by molar-refractivity contribution is 7.99. The minimum absolute atomic E-state index is 0.0771. The fourth-order valence-corrected chi connectivity index (χ4v) is 2.82. The van der Waals surface area contributed by atoms with Gasteiger partial charge < -0.3 is 9.84 Å². The van der Waals surface area contributed by atoms with Crippen LogP contribution in [0.5, 0.6) is 0 Å². The van der Waals surface area contributed by atoms with E-state index in [1.807, 2.05) is 24.3 Å². The first kappa shape index (κ1) is 14.8. The van der Waals surface area contributed by atoms with Crippen molar-refractivity contribution in [2.45, 2.75) is 36.9 Å². The van der Waals surface area contributed by atoms with Crippen molar-refractivity contribution in [2.24, 2.45) is 0 Å². The molecule has 96 valence electrons. The minimum Gasteiger partial charge on any atom is -0.390 e. The van der Waals surface area contributed by atoms with E-state index in [0.717, 1.165) is 22.8 Å². The van der Waals surface area contributed by atoms with E-state index in [1.54, 1.807) is 18.9 Å². The molecule has 0 fully saturated rings. The predicted octanol–water partition coefficient (Wildman–Crippen LogP) is 3.61. The van der Waals surface area contributed by atoms with Crippen LogP contribution in [0.4, 0.5) is 0 Å². The van der Waals surface area contributed by atoms with Crippen molar-refractivity contribution in [3.8, 4) is 0 Å². The number of hydrogen-bond donors (Lipinski definition) is 1. The molecule has 1 aromatic rings. The molecule has 0 saturated carbocycles. The van der Waals surface area contributed by atoms with Crippen LogP contribution in [0.1, 0.15) is 19.8 Å². The average Bonchev–Trinajstić information content (AvgIpc) is 2.33. The topological polar surface area (TPSA) is 29.5 Å². The van der Waals surface area contributed by atoms with E-state index in [2.05, 4.69) is 6.92 Å². The highest BCUT2D eigenvalue weighted by Crippen LogP contribution is 2.23. The van der Waals surface area contributed by atoms with Crippen molar-refractivity contribution in [2.75, 3.05) is 12.9 Å². The Hall–Kier alpha value is -0.220. The average molecular weight is 275 g/mol. The molecular weight excluding hydrogens is 256 g/mol. The Labute approximate surface area is 112 Å². The molecule has 2 unspecified atom stereocenters. The monoisotopic (exact) mass is 274 g/mol. The summed E-state index contributed by atoms with van der Waals surface area (Å²) >= 11 is 7.50. The molecule has 0 aliphatic carbocycles. The zero-order chi connectivity index (χ0) is 12.7. The van der Waals surface area contributed by atoms with E-state index >= 15 is 0 Å². The highest BCUT2D eigenvalue weighted by Gasteiger charge is 2.17. The number of thioether (sulfide) groups is 1. The molecule has 0 spiro atoms. The van der Waals surface area contributed by atoms with Crippen molar-refractivity contribution in [1.82, 2.24) is 0 Å². The maximum Gasteiger partial charge on any atom is 0.0895 e. The molecule has 1 rings (SSSR count). The minimum atomic E-state index is -0.441. The van der Waals surface area contributed by atoms with Gasteiger partial charge in [0, 0.05) is 22.8 Å². The van der Waals surface area contributed by atoms with Gasteiger partial charge in [0.15, 0.2) is 0 Å². The standard InChI is InChI=1S/C13H19ClO2S/c1-3-5-13(16-2)12(15)9-17-11-7-4-6-10(14)8-11/h4,6-8,12-13,15H,3,5,9H2,1-2H3. The number of halogens is 1. The molecule has 0 aromatic heterocycles. The molecule has 0 amide bonds. The van der Waals surface area contributed by atoms with Crippen LogP contribution in [0, 0.1) is 0 Å². The first-order valence-corrected chi connectivity index (χ1v) is 7.13. The number of rotatable bonds is 7. The maximum atomic E-state index is 9.99. The summed E-state index contributed by atoms with van der Waals surface area (Å²) in [7, 11) is 1.65. The van der Waals surface area contributed by atoms with Gasteiger partial charge in [0.1, 0.15) is 0 Å². The Morgan fingerprint density at radius 2 is 2.24 bits per heavy atom. The maximum absolute atomic E-state index is 9.99. The fraction of sp³-hybridized carbons (Fsp3) is 0.538. The predicted molar refractivity (Wildman–Crippen MR) is 73.9 cm³/mol. The van der Waals surface area contributed by atoms with Crippen LogP contribution in [-0.2, 0) is 4.74 Å². The Balaban J connectivity index is 2.44. The van der Waals surface area contributed by atoms with Gasteiger partial charge in [0.25, 0.3) is 0 Å². The lowest BCUT2D eigenvalue weighted by molar-refractivity contribution is -0.00457. The second-order valence-electron chi connectivity index (χ2n) is 3.90. The summed E-state index contributed by atoms with van der Waals surface area (Å²) in [6.45, 7) is 2.09. The number of aliphatic hydroxyl groups is 1. The van der Waals surface area contributed by atoms with Gasteiger partial charge in [0.2, 0.25) is 0 Å². The van der Waals surface area contributed by atoms with Gasteiger partial charge in [-0.05, 0) is 24.6 Å². The lowest BCUT2D eigenvalue weighted by Gasteiger charge is -2.20. The summed E-state index contributed by atoms with van der Waals surface area (Å²) in [5.74, 6) is 0.624. The molecule has 17 heavy (non-hydrogen) atoms. The van der Waals surface area contributed by atoms with Crippen molar-refractivity contribution in [3.05, 3.63) is 29.3 Å². The molecule has 1 N–H and O–H groups in total. The van der Waals surface area contributed by atoms with Gasteiger partial charge in [-0.15, -0.1) is 11.8 Å². The Kier molecular flexibility index (Phi) is 6.97. The molecule has 2 nitrogen and oxygen atoms in total. The van der Waals surface area contributed by atoms with Crippen molar-refractivity contribution in [1.29, 1.82) is 0 Å². The Bertz CT molecular complexity index is 333. The molecule has 0 saturated heterocycles. The molecule has 0 aliphatic rings. The van der Waals surface area contributed by atoms with E-state index in [9.17, 15) is 5.11 Å². The van der Waals surface area contributed by atoms with E-state index in [0.29, 0.717) is 5.75 Å². The van der Waals surface area contributed by atoms with E-state index in [4.69, 9.17) is 16.3 Å². The molecule has 2 atom stereocenters. The van der Waals surface area contributed by atoms with Crippen molar-refractivity contribution < 1.29 is 9.84 Å². The number of aliphatic hydroxyl groups excluding tert-OH is 1. The smallest absolute Gasteiger partial charge is 0.0895 e. The quantitative estimate of drug-likeness (QED) is 0.771. The largest absolute Gasteiger partial charge is 0.390 e. The van der Waals surface area contributed by atoms with Crippen LogP contribution in [0.2, 0.25) is 5.02 Å². The summed E-state index contributed by atoms with van der Waals surface area (Å²) in [5, 5.41) is 10.7. The molecule has 4 heteroatoms. The van der Waals surface area contributed by atoms with Gasteiger partial charge in [-0.25, -0.2) is 0 Å². The number of benzene rings is 1. The van der Waals surface area contributed by atoms with Crippen molar-refractivity contribution >= 4 is 23.4 Å².